The lowest BCUT2D eigenvalue weighted by molar-refractivity contribution is 0.501. The fourth-order valence-electron chi connectivity index (χ4n) is 2.23. The zero-order chi connectivity index (χ0) is 15.2. The van der Waals surface area contributed by atoms with E-state index in [0.717, 1.165) is 22.3 Å². The van der Waals surface area contributed by atoms with Gasteiger partial charge in [0.1, 0.15) is 11.5 Å². The van der Waals surface area contributed by atoms with Gasteiger partial charge in [-0.3, -0.25) is 0 Å². The van der Waals surface area contributed by atoms with E-state index < -0.39 is 0 Å². The van der Waals surface area contributed by atoms with Crippen molar-refractivity contribution in [3.63, 3.8) is 0 Å². The Morgan fingerprint density at radius 3 is 1.62 bits per heavy atom. The van der Waals surface area contributed by atoms with E-state index in [2.05, 4.69) is 0 Å². The number of ether oxygens (including phenoxy) is 2. The molecule has 0 aliphatic heterocycles. The molecular formula is C17H14N2O2. The monoisotopic (exact) mass is 278 g/mol. The molecule has 0 saturated heterocycles. The van der Waals surface area contributed by atoms with E-state index in [-0.39, 0.29) is 0 Å². The topological polar surface area (TPSA) is 66.0 Å². The van der Waals surface area contributed by atoms with Gasteiger partial charge in [-0.05, 0) is 54.7 Å². The Balaban J connectivity index is 2.36. The van der Waals surface area contributed by atoms with Gasteiger partial charge < -0.3 is 9.47 Å². The standard InChI is InChI=1S/C17H14N2O2/c1-12-14(5-3-7-16(12)20-10-18)9-15-6-4-8-17(13(15)2)21-11-19/h3-8H,9H2,1-2H3. The van der Waals surface area contributed by atoms with Crippen LogP contribution in [0.3, 0.4) is 0 Å². The van der Waals surface area contributed by atoms with Crippen LogP contribution in [0.15, 0.2) is 36.4 Å². The van der Waals surface area contributed by atoms with Gasteiger partial charge in [0, 0.05) is 0 Å². The largest absolute Gasteiger partial charge is 0.388 e. The molecule has 0 aromatic heterocycles. The van der Waals surface area contributed by atoms with Gasteiger partial charge in [-0.15, -0.1) is 10.5 Å². The van der Waals surface area contributed by atoms with Gasteiger partial charge in [0.2, 0.25) is 0 Å². The lowest BCUT2D eigenvalue weighted by Crippen LogP contribution is -1.98. The van der Waals surface area contributed by atoms with Crippen LogP contribution in [-0.4, -0.2) is 0 Å². The molecule has 0 N–H and O–H groups in total. The summed E-state index contributed by atoms with van der Waals surface area (Å²) in [6.45, 7) is 3.85. The van der Waals surface area contributed by atoms with Crippen molar-refractivity contribution in [3.8, 4) is 24.0 Å². The number of rotatable bonds is 4. The van der Waals surface area contributed by atoms with E-state index in [1.807, 2.05) is 38.1 Å². The van der Waals surface area contributed by atoms with Crippen molar-refractivity contribution in [1.29, 1.82) is 10.5 Å². The Morgan fingerprint density at radius 1 is 0.810 bits per heavy atom. The highest BCUT2D eigenvalue weighted by Gasteiger charge is 2.10. The molecule has 0 atom stereocenters. The van der Waals surface area contributed by atoms with Crippen molar-refractivity contribution < 1.29 is 9.47 Å². The van der Waals surface area contributed by atoms with E-state index in [9.17, 15) is 0 Å². The highest BCUT2D eigenvalue weighted by molar-refractivity contribution is 5.46. The molecule has 0 aliphatic carbocycles. The first-order valence-corrected chi connectivity index (χ1v) is 6.46. The molecule has 0 fully saturated rings. The number of hydrogen-bond donors (Lipinski definition) is 0. The minimum Gasteiger partial charge on any atom is -0.388 e. The maximum Gasteiger partial charge on any atom is 0.292 e. The third-order valence-corrected chi connectivity index (χ3v) is 3.48. The predicted octanol–water partition coefficient (Wildman–Crippen LogP) is 3.61. The molecule has 21 heavy (non-hydrogen) atoms. The third-order valence-electron chi connectivity index (χ3n) is 3.48. The molecule has 4 heteroatoms. The van der Waals surface area contributed by atoms with Gasteiger partial charge in [0.15, 0.2) is 0 Å². The molecule has 0 amide bonds. The SMILES string of the molecule is Cc1c(Cc2cccc(OC#N)c2C)cccc1OC#N. The molecule has 0 heterocycles. The van der Waals surface area contributed by atoms with Crippen molar-refractivity contribution in [2.75, 3.05) is 0 Å². The van der Waals surface area contributed by atoms with E-state index in [4.69, 9.17) is 20.0 Å². The highest BCUT2D eigenvalue weighted by Crippen LogP contribution is 2.27. The Labute approximate surface area is 123 Å². The summed E-state index contributed by atoms with van der Waals surface area (Å²) in [5.41, 5.74) is 4.01. The van der Waals surface area contributed by atoms with Crippen LogP contribution in [0.1, 0.15) is 22.3 Å². The molecule has 0 bridgehead atoms. The fraction of sp³-hybridized carbons (Fsp3) is 0.176. The lowest BCUT2D eigenvalue weighted by Gasteiger charge is -2.12. The average Bonchev–Trinajstić information content (AvgIpc) is 2.48. The van der Waals surface area contributed by atoms with Crippen LogP contribution in [0, 0.1) is 36.9 Å². The predicted molar refractivity (Wildman–Crippen MR) is 77.6 cm³/mol. The first kappa shape index (κ1) is 14.4. The van der Waals surface area contributed by atoms with Gasteiger partial charge in [-0.25, -0.2) is 0 Å². The van der Waals surface area contributed by atoms with Crippen molar-refractivity contribution in [3.05, 3.63) is 58.7 Å². The molecule has 0 radical (unpaired) electrons. The first-order chi connectivity index (χ1) is 10.2. The van der Waals surface area contributed by atoms with E-state index in [1.165, 1.54) is 0 Å². The Bertz CT molecular complexity index is 676. The van der Waals surface area contributed by atoms with Crippen LogP contribution in [0.25, 0.3) is 0 Å². The molecular weight excluding hydrogens is 264 g/mol. The summed E-state index contributed by atoms with van der Waals surface area (Å²) in [5.74, 6) is 1.13. The second-order valence-corrected chi connectivity index (χ2v) is 4.64. The van der Waals surface area contributed by atoms with Gasteiger partial charge in [0.25, 0.3) is 12.5 Å². The number of hydrogen-bond acceptors (Lipinski definition) is 4. The van der Waals surface area contributed by atoms with Crippen LogP contribution in [0.5, 0.6) is 11.5 Å². The molecule has 0 unspecified atom stereocenters. The van der Waals surface area contributed by atoms with Gasteiger partial charge in [0.05, 0.1) is 0 Å². The van der Waals surface area contributed by atoms with E-state index in [1.54, 1.807) is 24.6 Å². The minimum atomic E-state index is 0.567. The summed E-state index contributed by atoms with van der Waals surface area (Å²) in [7, 11) is 0. The number of nitrogens with zero attached hydrogens (tertiary/aromatic N) is 2. The lowest BCUT2D eigenvalue weighted by atomic mass is 9.96. The second-order valence-electron chi connectivity index (χ2n) is 4.64. The maximum absolute atomic E-state index is 8.64. The summed E-state index contributed by atoms with van der Waals surface area (Å²) in [6.07, 6.45) is 4.08. The highest BCUT2D eigenvalue weighted by atomic mass is 16.5. The summed E-state index contributed by atoms with van der Waals surface area (Å²) >= 11 is 0. The maximum atomic E-state index is 8.64. The minimum absolute atomic E-state index is 0.567. The Morgan fingerprint density at radius 2 is 1.24 bits per heavy atom. The zero-order valence-corrected chi connectivity index (χ0v) is 11.9. The summed E-state index contributed by atoms with van der Waals surface area (Å²) < 4.78 is 9.89. The Kier molecular flexibility index (Phi) is 4.43. The van der Waals surface area contributed by atoms with Crippen molar-refractivity contribution >= 4 is 0 Å². The normalized spacial score (nSPS) is 9.52. The molecule has 0 saturated carbocycles. The van der Waals surface area contributed by atoms with Crippen LogP contribution in [0.4, 0.5) is 0 Å². The molecule has 104 valence electrons. The molecule has 0 aliphatic rings. The zero-order valence-electron chi connectivity index (χ0n) is 11.9. The van der Waals surface area contributed by atoms with Crippen molar-refractivity contribution in [1.82, 2.24) is 0 Å². The number of nitriles is 2. The fourth-order valence-corrected chi connectivity index (χ4v) is 2.23. The van der Waals surface area contributed by atoms with Gasteiger partial charge in [-0.1, -0.05) is 24.3 Å². The van der Waals surface area contributed by atoms with Crippen LogP contribution in [0.2, 0.25) is 0 Å². The van der Waals surface area contributed by atoms with Crippen molar-refractivity contribution in [2.24, 2.45) is 0 Å². The van der Waals surface area contributed by atoms with E-state index >= 15 is 0 Å². The smallest absolute Gasteiger partial charge is 0.292 e. The second kappa shape index (κ2) is 6.45. The van der Waals surface area contributed by atoms with Gasteiger partial charge in [-0.2, -0.15) is 0 Å². The summed E-state index contributed by atoms with van der Waals surface area (Å²) in [4.78, 5) is 0. The molecule has 2 aromatic rings. The summed E-state index contributed by atoms with van der Waals surface area (Å²) in [5, 5.41) is 17.3. The number of benzene rings is 2. The molecule has 2 rings (SSSR count). The summed E-state index contributed by atoms with van der Waals surface area (Å²) in [6, 6.07) is 11.3. The van der Waals surface area contributed by atoms with Crippen molar-refractivity contribution in [2.45, 2.75) is 20.3 Å². The van der Waals surface area contributed by atoms with Gasteiger partial charge >= 0.3 is 0 Å². The van der Waals surface area contributed by atoms with E-state index in [0.29, 0.717) is 17.9 Å². The molecule has 4 nitrogen and oxygen atoms in total. The average molecular weight is 278 g/mol. The van der Waals surface area contributed by atoms with Crippen LogP contribution >= 0.6 is 0 Å². The first-order valence-electron chi connectivity index (χ1n) is 6.46. The molecule has 0 spiro atoms. The van der Waals surface area contributed by atoms with Crippen LogP contribution in [-0.2, 0) is 6.42 Å². The third kappa shape index (κ3) is 3.13. The quantitative estimate of drug-likeness (QED) is 0.801. The van der Waals surface area contributed by atoms with Crippen LogP contribution < -0.4 is 9.47 Å². The Hall–Kier alpha value is -2.98. The molecule has 2 aromatic carbocycles.